The SMILES string of the molecule is CCn1nnc(C=O)c1C(C)(C)C. The third-order valence-corrected chi connectivity index (χ3v) is 1.88. The summed E-state index contributed by atoms with van der Waals surface area (Å²) in [4.78, 5) is 10.7. The van der Waals surface area contributed by atoms with Crippen molar-refractivity contribution in [1.82, 2.24) is 15.0 Å². The molecule has 0 saturated carbocycles. The molecule has 0 radical (unpaired) electrons. The number of aldehydes is 1. The summed E-state index contributed by atoms with van der Waals surface area (Å²) in [7, 11) is 0. The minimum absolute atomic E-state index is 0.0875. The van der Waals surface area contributed by atoms with Crippen LogP contribution in [0.4, 0.5) is 0 Å². The van der Waals surface area contributed by atoms with Crippen molar-refractivity contribution in [2.75, 3.05) is 0 Å². The Labute approximate surface area is 77.9 Å². The highest BCUT2D eigenvalue weighted by atomic mass is 16.1. The molecule has 0 unspecified atom stereocenters. The Bertz CT molecular complexity index is 309. The van der Waals surface area contributed by atoms with Gasteiger partial charge in [-0.05, 0) is 6.92 Å². The van der Waals surface area contributed by atoms with Crippen molar-refractivity contribution in [1.29, 1.82) is 0 Å². The summed E-state index contributed by atoms with van der Waals surface area (Å²) >= 11 is 0. The van der Waals surface area contributed by atoms with Crippen LogP contribution in [0.25, 0.3) is 0 Å². The molecule has 0 aliphatic heterocycles. The van der Waals surface area contributed by atoms with Crippen molar-refractivity contribution in [3.63, 3.8) is 0 Å². The molecular formula is C9H15N3O. The van der Waals surface area contributed by atoms with Gasteiger partial charge in [0.1, 0.15) is 5.69 Å². The summed E-state index contributed by atoms with van der Waals surface area (Å²) in [6.07, 6.45) is 0.764. The van der Waals surface area contributed by atoms with Gasteiger partial charge in [0.2, 0.25) is 0 Å². The largest absolute Gasteiger partial charge is 0.296 e. The zero-order chi connectivity index (χ0) is 10.1. The zero-order valence-corrected chi connectivity index (χ0v) is 8.53. The van der Waals surface area contributed by atoms with Crippen LogP contribution >= 0.6 is 0 Å². The minimum Gasteiger partial charge on any atom is -0.296 e. The van der Waals surface area contributed by atoms with E-state index in [0.29, 0.717) is 5.69 Å². The number of nitrogens with zero attached hydrogens (tertiary/aromatic N) is 3. The molecule has 0 N–H and O–H groups in total. The predicted molar refractivity (Wildman–Crippen MR) is 49.8 cm³/mol. The molecule has 4 nitrogen and oxygen atoms in total. The van der Waals surface area contributed by atoms with E-state index in [9.17, 15) is 4.79 Å². The smallest absolute Gasteiger partial charge is 0.172 e. The number of hydrogen-bond donors (Lipinski definition) is 0. The van der Waals surface area contributed by atoms with Crippen molar-refractivity contribution in [3.05, 3.63) is 11.4 Å². The van der Waals surface area contributed by atoms with Gasteiger partial charge in [-0.1, -0.05) is 26.0 Å². The Balaban J connectivity index is 3.28. The topological polar surface area (TPSA) is 47.8 Å². The van der Waals surface area contributed by atoms with Crippen LogP contribution in [0.2, 0.25) is 0 Å². The van der Waals surface area contributed by atoms with Crippen molar-refractivity contribution < 1.29 is 4.79 Å². The van der Waals surface area contributed by atoms with Gasteiger partial charge in [-0.3, -0.25) is 4.79 Å². The van der Waals surface area contributed by atoms with Crippen molar-refractivity contribution in [2.45, 2.75) is 39.7 Å². The molecule has 4 heteroatoms. The van der Waals surface area contributed by atoms with E-state index in [-0.39, 0.29) is 5.41 Å². The van der Waals surface area contributed by atoms with E-state index in [1.807, 2.05) is 27.7 Å². The van der Waals surface area contributed by atoms with Gasteiger partial charge in [0.25, 0.3) is 0 Å². The van der Waals surface area contributed by atoms with E-state index < -0.39 is 0 Å². The van der Waals surface area contributed by atoms with Crippen LogP contribution < -0.4 is 0 Å². The number of aryl methyl sites for hydroxylation is 1. The Hall–Kier alpha value is -1.19. The second-order valence-electron chi connectivity index (χ2n) is 4.01. The van der Waals surface area contributed by atoms with Crippen LogP contribution in [0.15, 0.2) is 0 Å². The van der Waals surface area contributed by atoms with Crippen molar-refractivity contribution in [3.8, 4) is 0 Å². The Kier molecular flexibility index (Phi) is 2.50. The van der Waals surface area contributed by atoms with Crippen LogP contribution in [0.1, 0.15) is 43.9 Å². The quantitative estimate of drug-likeness (QED) is 0.648. The molecule has 0 fully saturated rings. The van der Waals surface area contributed by atoms with E-state index in [1.54, 1.807) is 4.68 Å². The summed E-state index contributed by atoms with van der Waals surface area (Å²) < 4.78 is 1.77. The molecule has 13 heavy (non-hydrogen) atoms. The van der Waals surface area contributed by atoms with E-state index in [1.165, 1.54) is 0 Å². The van der Waals surface area contributed by atoms with Gasteiger partial charge in [-0.2, -0.15) is 0 Å². The van der Waals surface area contributed by atoms with Crippen molar-refractivity contribution >= 4 is 6.29 Å². The average Bonchev–Trinajstić information content (AvgIpc) is 2.45. The van der Waals surface area contributed by atoms with Gasteiger partial charge in [-0.25, -0.2) is 4.68 Å². The molecule has 72 valence electrons. The number of aromatic nitrogens is 3. The van der Waals surface area contributed by atoms with Crippen LogP contribution in [-0.2, 0) is 12.0 Å². The fourth-order valence-corrected chi connectivity index (χ4v) is 1.40. The van der Waals surface area contributed by atoms with Crippen LogP contribution in [0.5, 0.6) is 0 Å². The van der Waals surface area contributed by atoms with Gasteiger partial charge in [0.05, 0.1) is 5.69 Å². The lowest BCUT2D eigenvalue weighted by atomic mass is 9.90. The second-order valence-corrected chi connectivity index (χ2v) is 4.01. The summed E-state index contributed by atoms with van der Waals surface area (Å²) in [5.74, 6) is 0. The Morgan fingerprint density at radius 3 is 2.46 bits per heavy atom. The maximum Gasteiger partial charge on any atom is 0.172 e. The molecule has 0 aliphatic rings. The molecule has 1 heterocycles. The molecular weight excluding hydrogens is 166 g/mol. The lowest BCUT2D eigenvalue weighted by molar-refractivity contribution is 0.111. The Morgan fingerprint density at radius 2 is 2.08 bits per heavy atom. The first-order valence-corrected chi connectivity index (χ1v) is 4.39. The summed E-state index contributed by atoms with van der Waals surface area (Å²) in [5, 5.41) is 7.72. The Morgan fingerprint density at radius 1 is 1.46 bits per heavy atom. The monoisotopic (exact) mass is 181 g/mol. The van der Waals surface area contributed by atoms with E-state index >= 15 is 0 Å². The molecule has 0 aliphatic carbocycles. The van der Waals surface area contributed by atoms with Crippen LogP contribution in [0.3, 0.4) is 0 Å². The highest BCUT2D eigenvalue weighted by Gasteiger charge is 2.24. The van der Waals surface area contributed by atoms with Crippen LogP contribution in [-0.4, -0.2) is 21.3 Å². The third kappa shape index (κ3) is 1.76. The van der Waals surface area contributed by atoms with Crippen LogP contribution in [0, 0.1) is 0 Å². The molecule has 1 aromatic heterocycles. The average molecular weight is 181 g/mol. The molecule has 0 amide bonds. The number of hydrogen-bond acceptors (Lipinski definition) is 3. The molecule has 0 saturated heterocycles. The highest BCUT2D eigenvalue weighted by molar-refractivity contribution is 5.73. The predicted octanol–water partition coefficient (Wildman–Crippen LogP) is 1.41. The molecule has 0 aromatic carbocycles. The van der Waals surface area contributed by atoms with E-state index in [2.05, 4.69) is 10.3 Å². The van der Waals surface area contributed by atoms with Gasteiger partial charge in [0, 0.05) is 12.0 Å². The number of rotatable bonds is 2. The molecule has 1 rings (SSSR count). The fraction of sp³-hybridized carbons (Fsp3) is 0.667. The number of carbonyl (C=O) groups is 1. The fourth-order valence-electron chi connectivity index (χ4n) is 1.40. The van der Waals surface area contributed by atoms with E-state index in [4.69, 9.17) is 0 Å². The minimum atomic E-state index is -0.0875. The summed E-state index contributed by atoms with van der Waals surface area (Å²) in [6.45, 7) is 8.87. The number of carbonyl (C=O) groups excluding carboxylic acids is 1. The lowest BCUT2D eigenvalue weighted by Crippen LogP contribution is -2.19. The van der Waals surface area contributed by atoms with Gasteiger partial charge >= 0.3 is 0 Å². The first-order chi connectivity index (χ1) is 6.00. The van der Waals surface area contributed by atoms with Gasteiger partial charge < -0.3 is 0 Å². The van der Waals surface area contributed by atoms with E-state index in [0.717, 1.165) is 18.5 Å². The lowest BCUT2D eigenvalue weighted by Gasteiger charge is -2.19. The third-order valence-electron chi connectivity index (χ3n) is 1.88. The maximum atomic E-state index is 10.7. The maximum absolute atomic E-state index is 10.7. The zero-order valence-electron chi connectivity index (χ0n) is 8.53. The first kappa shape index (κ1) is 9.89. The van der Waals surface area contributed by atoms with Gasteiger partial charge in [-0.15, -0.1) is 5.10 Å². The summed E-state index contributed by atoms with van der Waals surface area (Å²) in [6, 6.07) is 0. The summed E-state index contributed by atoms with van der Waals surface area (Å²) in [5.41, 5.74) is 1.27. The van der Waals surface area contributed by atoms with Gasteiger partial charge in [0.15, 0.2) is 6.29 Å². The normalized spacial score (nSPS) is 11.7. The highest BCUT2D eigenvalue weighted by Crippen LogP contribution is 2.23. The second kappa shape index (κ2) is 3.28. The molecule has 1 aromatic rings. The standard InChI is InChI=1S/C9H15N3O/c1-5-12-8(9(2,3)4)7(6-13)10-11-12/h6H,5H2,1-4H3. The first-order valence-electron chi connectivity index (χ1n) is 4.39. The molecule has 0 bridgehead atoms. The van der Waals surface area contributed by atoms with Crippen molar-refractivity contribution in [2.24, 2.45) is 0 Å². The molecule has 0 atom stereocenters. The molecule has 0 spiro atoms.